The SMILES string of the molecule is CCN(CC)CCN(C(=O)c1cccc([N+](=O)[O-])c1)c1nc2c(OC)ccc(OC)c2s1.Cl. The van der Waals surface area contributed by atoms with Crippen LogP contribution in [0.3, 0.4) is 0 Å². The number of ether oxygens (including phenoxy) is 2. The molecule has 3 rings (SSSR count). The number of carbonyl (C=O) groups excluding carboxylic acids is 1. The number of benzene rings is 2. The van der Waals surface area contributed by atoms with Crippen molar-refractivity contribution in [1.29, 1.82) is 0 Å². The molecular formula is C22H27ClN4O5S. The van der Waals surface area contributed by atoms with E-state index in [-0.39, 0.29) is 29.6 Å². The van der Waals surface area contributed by atoms with E-state index in [0.717, 1.165) is 17.8 Å². The van der Waals surface area contributed by atoms with Crippen molar-refractivity contribution in [2.24, 2.45) is 0 Å². The number of methoxy groups -OCH3 is 2. The van der Waals surface area contributed by atoms with Crippen LogP contribution in [0.1, 0.15) is 24.2 Å². The van der Waals surface area contributed by atoms with Gasteiger partial charge in [0, 0.05) is 30.8 Å². The number of non-ortho nitro benzene ring substituents is 1. The van der Waals surface area contributed by atoms with Gasteiger partial charge in [-0.2, -0.15) is 0 Å². The third-order valence-corrected chi connectivity index (χ3v) is 6.31. The Kier molecular flexibility index (Phi) is 9.39. The Balaban J connectivity index is 0.00000385. The van der Waals surface area contributed by atoms with Crippen LogP contribution in [0.2, 0.25) is 0 Å². The maximum atomic E-state index is 13.5. The van der Waals surface area contributed by atoms with Gasteiger partial charge in [0.2, 0.25) is 0 Å². The van der Waals surface area contributed by atoms with E-state index >= 15 is 0 Å². The van der Waals surface area contributed by atoms with Gasteiger partial charge in [-0.05, 0) is 31.3 Å². The van der Waals surface area contributed by atoms with Gasteiger partial charge < -0.3 is 14.4 Å². The number of likely N-dealkylation sites (N-methyl/N-ethyl adjacent to an activating group) is 1. The molecule has 0 bridgehead atoms. The molecule has 0 N–H and O–H groups in total. The molecule has 178 valence electrons. The summed E-state index contributed by atoms with van der Waals surface area (Å²) in [6, 6.07) is 9.32. The molecule has 0 spiro atoms. The number of fused-ring (bicyclic) bond motifs is 1. The van der Waals surface area contributed by atoms with Crippen molar-refractivity contribution in [1.82, 2.24) is 9.88 Å². The lowest BCUT2D eigenvalue weighted by Gasteiger charge is -2.24. The third-order valence-electron chi connectivity index (χ3n) is 5.21. The molecule has 0 aliphatic rings. The first-order chi connectivity index (χ1) is 15.4. The lowest BCUT2D eigenvalue weighted by Crippen LogP contribution is -2.38. The Morgan fingerprint density at radius 1 is 1.09 bits per heavy atom. The molecule has 1 aromatic heterocycles. The number of aromatic nitrogens is 1. The van der Waals surface area contributed by atoms with Gasteiger partial charge in [-0.25, -0.2) is 4.98 Å². The summed E-state index contributed by atoms with van der Waals surface area (Å²) >= 11 is 1.32. The fourth-order valence-electron chi connectivity index (χ4n) is 3.36. The number of amides is 1. The van der Waals surface area contributed by atoms with Crippen molar-refractivity contribution in [2.75, 3.05) is 45.3 Å². The van der Waals surface area contributed by atoms with Gasteiger partial charge in [0.15, 0.2) is 5.13 Å². The summed E-state index contributed by atoms with van der Waals surface area (Å²) in [4.78, 5) is 32.6. The van der Waals surface area contributed by atoms with Crippen LogP contribution in [0, 0.1) is 10.1 Å². The van der Waals surface area contributed by atoms with Gasteiger partial charge in [0.05, 0.1) is 19.1 Å². The largest absolute Gasteiger partial charge is 0.495 e. The minimum atomic E-state index is -0.509. The molecule has 9 nitrogen and oxygen atoms in total. The highest BCUT2D eigenvalue weighted by atomic mass is 35.5. The van der Waals surface area contributed by atoms with Gasteiger partial charge in [0.1, 0.15) is 21.7 Å². The third kappa shape index (κ3) is 5.70. The van der Waals surface area contributed by atoms with Crippen molar-refractivity contribution in [3.63, 3.8) is 0 Å². The van der Waals surface area contributed by atoms with Crippen LogP contribution >= 0.6 is 23.7 Å². The van der Waals surface area contributed by atoms with Crippen LogP contribution in [-0.4, -0.2) is 61.1 Å². The zero-order valence-electron chi connectivity index (χ0n) is 18.9. The molecule has 0 radical (unpaired) electrons. The first kappa shape index (κ1) is 26.3. The van der Waals surface area contributed by atoms with Gasteiger partial charge in [0.25, 0.3) is 11.6 Å². The van der Waals surface area contributed by atoms with Crippen molar-refractivity contribution in [3.8, 4) is 11.5 Å². The van der Waals surface area contributed by atoms with Crippen LogP contribution in [0.25, 0.3) is 10.2 Å². The zero-order chi connectivity index (χ0) is 23.3. The number of halogens is 1. The predicted molar refractivity (Wildman–Crippen MR) is 133 cm³/mol. The van der Waals surface area contributed by atoms with E-state index in [1.807, 2.05) is 0 Å². The lowest BCUT2D eigenvalue weighted by molar-refractivity contribution is -0.384. The topological polar surface area (TPSA) is 98.0 Å². The standard InChI is InChI=1S/C22H26N4O5S.ClH/c1-5-24(6-2)12-13-25(21(27)15-8-7-9-16(14-15)26(28)29)22-23-19-17(30-3)10-11-18(31-4)20(19)32-22;/h7-11,14H,5-6,12-13H2,1-4H3;1H. The molecule has 0 aliphatic carbocycles. The smallest absolute Gasteiger partial charge is 0.270 e. The van der Waals surface area contributed by atoms with Gasteiger partial charge >= 0.3 is 0 Å². The van der Waals surface area contributed by atoms with E-state index in [0.29, 0.717) is 35.2 Å². The Labute approximate surface area is 202 Å². The molecule has 2 aromatic carbocycles. The summed E-state index contributed by atoms with van der Waals surface area (Å²) < 4.78 is 11.7. The van der Waals surface area contributed by atoms with Crippen LogP contribution < -0.4 is 14.4 Å². The number of hydrogen-bond donors (Lipinski definition) is 0. The van der Waals surface area contributed by atoms with E-state index < -0.39 is 4.92 Å². The highest BCUT2D eigenvalue weighted by Crippen LogP contribution is 2.40. The summed E-state index contributed by atoms with van der Waals surface area (Å²) in [5.74, 6) is 0.865. The molecule has 11 heteroatoms. The summed E-state index contributed by atoms with van der Waals surface area (Å²) in [6.45, 7) is 6.83. The van der Waals surface area contributed by atoms with E-state index in [9.17, 15) is 14.9 Å². The van der Waals surface area contributed by atoms with Crippen molar-refractivity contribution < 1.29 is 19.2 Å². The molecule has 0 fully saturated rings. The number of nitro benzene ring substituents is 1. The number of rotatable bonds is 10. The monoisotopic (exact) mass is 494 g/mol. The average molecular weight is 495 g/mol. The van der Waals surface area contributed by atoms with Crippen LogP contribution in [0.5, 0.6) is 11.5 Å². The molecule has 0 saturated carbocycles. The maximum absolute atomic E-state index is 13.5. The minimum absolute atomic E-state index is 0. The predicted octanol–water partition coefficient (Wildman–Crippen LogP) is 4.63. The highest BCUT2D eigenvalue weighted by Gasteiger charge is 2.25. The minimum Gasteiger partial charge on any atom is -0.495 e. The Morgan fingerprint density at radius 2 is 1.76 bits per heavy atom. The second kappa shape index (κ2) is 11.8. The van der Waals surface area contributed by atoms with E-state index in [1.165, 1.54) is 29.5 Å². The Morgan fingerprint density at radius 3 is 2.36 bits per heavy atom. The lowest BCUT2D eigenvalue weighted by atomic mass is 10.2. The molecule has 1 amide bonds. The maximum Gasteiger partial charge on any atom is 0.270 e. The van der Waals surface area contributed by atoms with Crippen LogP contribution in [0.4, 0.5) is 10.8 Å². The van der Waals surface area contributed by atoms with Crippen LogP contribution in [0.15, 0.2) is 36.4 Å². The Bertz CT molecular complexity index is 1080. The van der Waals surface area contributed by atoms with Gasteiger partial charge in [-0.15, -0.1) is 12.4 Å². The van der Waals surface area contributed by atoms with Crippen molar-refractivity contribution in [2.45, 2.75) is 13.8 Å². The molecule has 0 unspecified atom stereocenters. The van der Waals surface area contributed by atoms with Gasteiger partial charge in [-0.3, -0.25) is 19.8 Å². The zero-order valence-corrected chi connectivity index (χ0v) is 20.6. The molecule has 1 heterocycles. The number of anilines is 1. The molecule has 0 atom stereocenters. The fourth-order valence-corrected chi connectivity index (χ4v) is 4.46. The summed E-state index contributed by atoms with van der Waals surface area (Å²) in [5, 5.41) is 11.7. The Hall–Kier alpha value is -2.95. The number of thiazole rings is 1. The number of hydrogen-bond acceptors (Lipinski definition) is 8. The summed E-state index contributed by atoms with van der Waals surface area (Å²) in [6.07, 6.45) is 0. The quantitative estimate of drug-likeness (QED) is 0.299. The first-order valence-corrected chi connectivity index (χ1v) is 11.0. The van der Waals surface area contributed by atoms with Crippen molar-refractivity contribution in [3.05, 3.63) is 52.1 Å². The van der Waals surface area contributed by atoms with E-state index in [2.05, 4.69) is 18.7 Å². The fraction of sp³-hybridized carbons (Fsp3) is 0.364. The van der Waals surface area contributed by atoms with Gasteiger partial charge in [-0.1, -0.05) is 31.3 Å². The number of nitrogens with zero attached hydrogens (tertiary/aromatic N) is 4. The van der Waals surface area contributed by atoms with Crippen LogP contribution in [-0.2, 0) is 0 Å². The summed E-state index contributed by atoms with van der Waals surface area (Å²) in [7, 11) is 3.14. The molecule has 33 heavy (non-hydrogen) atoms. The second-order valence-electron chi connectivity index (χ2n) is 6.94. The summed E-state index contributed by atoms with van der Waals surface area (Å²) in [5.41, 5.74) is 0.704. The normalized spacial score (nSPS) is 10.7. The highest BCUT2D eigenvalue weighted by molar-refractivity contribution is 7.22. The van der Waals surface area contributed by atoms with E-state index in [4.69, 9.17) is 14.5 Å². The molecule has 0 aliphatic heterocycles. The molecule has 0 saturated heterocycles. The molecule has 3 aromatic rings. The average Bonchev–Trinajstić information content (AvgIpc) is 3.26. The molecular weight excluding hydrogens is 468 g/mol. The second-order valence-corrected chi connectivity index (χ2v) is 7.91. The number of carbonyl (C=O) groups is 1. The number of nitro groups is 1. The first-order valence-electron chi connectivity index (χ1n) is 10.2. The van der Waals surface area contributed by atoms with Crippen molar-refractivity contribution >= 4 is 50.7 Å². The van der Waals surface area contributed by atoms with E-state index in [1.54, 1.807) is 37.3 Å².